The molecule has 0 spiro atoms. The van der Waals surface area contributed by atoms with Crippen molar-refractivity contribution in [3.63, 3.8) is 0 Å². The van der Waals surface area contributed by atoms with Crippen LogP contribution in [0.25, 0.3) is 0 Å². The van der Waals surface area contributed by atoms with Crippen molar-refractivity contribution in [2.45, 2.75) is 58.0 Å². The molecule has 0 amide bonds. The van der Waals surface area contributed by atoms with Gasteiger partial charge in [-0.05, 0) is 44.1 Å². The lowest BCUT2D eigenvalue weighted by molar-refractivity contribution is 0.269. The molecule has 1 unspecified atom stereocenters. The molecule has 1 aromatic heterocycles. The van der Waals surface area contributed by atoms with Crippen LogP contribution in [-0.2, 0) is 0 Å². The van der Waals surface area contributed by atoms with Gasteiger partial charge in [-0.15, -0.1) is 11.3 Å². The Morgan fingerprint density at radius 2 is 2.00 bits per heavy atom. The van der Waals surface area contributed by atoms with Gasteiger partial charge >= 0.3 is 0 Å². The predicted octanol–water partition coefficient (Wildman–Crippen LogP) is 4.37. The molecule has 90 valence electrons. The minimum atomic E-state index is 0.511. The van der Waals surface area contributed by atoms with Gasteiger partial charge in [0.1, 0.15) is 0 Å². The van der Waals surface area contributed by atoms with E-state index in [0.717, 1.165) is 5.92 Å². The molecule has 2 rings (SSSR count). The highest BCUT2D eigenvalue weighted by atomic mass is 32.1. The summed E-state index contributed by atoms with van der Waals surface area (Å²) in [5, 5.41) is 5.93. The first-order valence-corrected chi connectivity index (χ1v) is 7.45. The molecule has 1 nitrogen and oxygen atoms in total. The summed E-state index contributed by atoms with van der Waals surface area (Å²) in [6.45, 7) is 4.64. The normalized spacial score (nSPS) is 21.9. The molecule has 2 heteroatoms. The lowest BCUT2D eigenvalue weighted by Gasteiger charge is -2.30. The lowest BCUT2D eigenvalue weighted by Crippen LogP contribution is -2.36. The second-order valence-electron chi connectivity index (χ2n) is 5.09. The van der Waals surface area contributed by atoms with E-state index in [0.29, 0.717) is 12.1 Å². The van der Waals surface area contributed by atoms with Crippen molar-refractivity contribution in [2.75, 3.05) is 0 Å². The highest BCUT2D eigenvalue weighted by Crippen LogP contribution is 2.28. The molecule has 0 radical (unpaired) electrons. The molecule has 1 saturated carbocycles. The van der Waals surface area contributed by atoms with Gasteiger partial charge in [0.15, 0.2) is 0 Å². The minimum absolute atomic E-state index is 0.511. The van der Waals surface area contributed by atoms with E-state index in [4.69, 9.17) is 0 Å². The van der Waals surface area contributed by atoms with Gasteiger partial charge in [-0.25, -0.2) is 0 Å². The van der Waals surface area contributed by atoms with E-state index in [1.165, 1.54) is 37.0 Å². The highest BCUT2D eigenvalue weighted by Gasteiger charge is 2.21. The van der Waals surface area contributed by atoms with Gasteiger partial charge < -0.3 is 5.32 Å². The van der Waals surface area contributed by atoms with E-state index in [1.807, 2.05) is 11.3 Å². The summed E-state index contributed by atoms with van der Waals surface area (Å²) in [7, 11) is 0. The average Bonchev–Trinajstić information content (AvgIpc) is 2.83. The molecular weight excluding hydrogens is 214 g/mol. The molecular formula is C14H23NS. The van der Waals surface area contributed by atoms with Crippen molar-refractivity contribution in [1.29, 1.82) is 0 Å². The summed E-state index contributed by atoms with van der Waals surface area (Å²) < 4.78 is 0. The molecule has 2 atom stereocenters. The summed E-state index contributed by atoms with van der Waals surface area (Å²) >= 11 is 1.86. The van der Waals surface area contributed by atoms with Crippen LogP contribution in [0.1, 0.15) is 56.9 Å². The lowest BCUT2D eigenvalue weighted by atomic mass is 9.84. The zero-order valence-corrected chi connectivity index (χ0v) is 11.2. The third-order valence-electron chi connectivity index (χ3n) is 3.84. The number of thiophene rings is 1. The monoisotopic (exact) mass is 237 g/mol. The number of hydrogen-bond acceptors (Lipinski definition) is 2. The molecule has 1 heterocycles. The smallest absolute Gasteiger partial charge is 0.0388 e. The molecule has 1 aliphatic carbocycles. The van der Waals surface area contributed by atoms with Gasteiger partial charge in [0.05, 0.1) is 0 Å². The maximum absolute atomic E-state index is 3.76. The summed E-state index contributed by atoms with van der Waals surface area (Å²) in [5.41, 5.74) is 0. The Morgan fingerprint density at radius 3 is 2.62 bits per heavy atom. The van der Waals surface area contributed by atoms with Crippen LogP contribution in [-0.4, -0.2) is 6.04 Å². The molecule has 0 bridgehead atoms. The number of rotatable bonds is 4. The van der Waals surface area contributed by atoms with Crippen LogP contribution < -0.4 is 5.32 Å². The number of nitrogens with one attached hydrogen (secondary N) is 1. The third-order valence-corrected chi connectivity index (χ3v) is 4.89. The summed E-state index contributed by atoms with van der Waals surface area (Å²) in [6, 6.07) is 5.55. The van der Waals surface area contributed by atoms with Crippen LogP contribution in [0.4, 0.5) is 0 Å². The minimum Gasteiger partial charge on any atom is -0.307 e. The van der Waals surface area contributed by atoms with E-state index in [2.05, 4.69) is 36.7 Å². The van der Waals surface area contributed by atoms with Crippen LogP contribution >= 0.6 is 11.3 Å². The fourth-order valence-electron chi connectivity index (χ4n) is 2.78. The van der Waals surface area contributed by atoms with Crippen LogP contribution in [0, 0.1) is 5.92 Å². The third kappa shape index (κ3) is 3.08. The SMILES string of the molecule is CC(N[C@@H](C)C1CCCCC1)c1cccs1. The molecule has 1 aliphatic rings. The largest absolute Gasteiger partial charge is 0.307 e. The first-order chi connectivity index (χ1) is 7.77. The fourth-order valence-corrected chi connectivity index (χ4v) is 3.53. The van der Waals surface area contributed by atoms with Gasteiger partial charge in [0.25, 0.3) is 0 Å². The Balaban J connectivity index is 1.84. The van der Waals surface area contributed by atoms with Gasteiger partial charge in [-0.3, -0.25) is 0 Å². The van der Waals surface area contributed by atoms with Crippen LogP contribution in [0.3, 0.4) is 0 Å². The zero-order chi connectivity index (χ0) is 11.4. The Kier molecular flexibility index (Phi) is 4.42. The topological polar surface area (TPSA) is 12.0 Å². The Hall–Kier alpha value is -0.340. The van der Waals surface area contributed by atoms with Gasteiger partial charge in [0.2, 0.25) is 0 Å². The van der Waals surface area contributed by atoms with Gasteiger partial charge in [0, 0.05) is 17.0 Å². The Labute approximate surface area is 103 Å². The van der Waals surface area contributed by atoms with E-state index >= 15 is 0 Å². The molecule has 0 aromatic carbocycles. The molecule has 0 saturated heterocycles. The van der Waals surface area contributed by atoms with Crippen molar-refractivity contribution in [1.82, 2.24) is 5.32 Å². The average molecular weight is 237 g/mol. The zero-order valence-electron chi connectivity index (χ0n) is 10.4. The van der Waals surface area contributed by atoms with Crippen molar-refractivity contribution in [2.24, 2.45) is 5.92 Å². The fraction of sp³-hybridized carbons (Fsp3) is 0.714. The van der Waals surface area contributed by atoms with Crippen LogP contribution in [0.15, 0.2) is 17.5 Å². The molecule has 1 fully saturated rings. The predicted molar refractivity (Wildman–Crippen MR) is 71.9 cm³/mol. The quantitative estimate of drug-likeness (QED) is 0.820. The molecule has 16 heavy (non-hydrogen) atoms. The van der Waals surface area contributed by atoms with E-state index in [-0.39, 0.29) is 0 Å². The molecule has 1 N–H and O–H groups in total. The maximum atomic E-state index is 3.76. The first-order valence-electron chi connectivity index (χ1n) is 6.57. The standard InChI is InChI=1S/C14H23NS/c1-11(13-7-4-3-5-8-13)15-12(2)14-9-6-10-16-14/h6,9-13,15H,3-5,7-8H2,1-2H3/t11-,12?/m0/s1. The Morgan fingerprint density at radius 1 is 1.25 bits per heavy atom. The van der Waals surface area contributed by atoms with E-state index < -0.39 is 0 Å². The molecule has 0 aliphatic heterocycles. The van der Waals surface area contributed by atoms with Crippen molar-refractivity contribution < 1.29 is 0 Å². The Bertz CT molecular complexity index is 288. The second kappa shape index (κ2) is 5.83. The van der Waals surface area contributed by atoms with Gasteiger partial charge in [-0.2, -0.15) is 0 Å². The first kappa shape index (κ1) is 12.1. The summed E-state index contributed by atoms with van der Waals surface area (Å²) in [5.74, 6) is 0.899. The summed E-state index contributed by atoms with van der Waals surface area (Å²) in [6.07, 6.45) is 7.16. The van der Waals surface area contributed by atoms with Gasteiger partial charge in [-0.1, -0.05) is 25.3 Å². The maximum Gasteiger partial charge on any atom is 0.0388 e. The van der Waals surface area contributed by atoms with Crippen molar-refractivity contribution >= 4 is 11.3 Å². The highest BCUT2D eigenvalue weighted by molar-refractivity contribution is 7.10. The number of hydrogen-bond donors (Lipinski definition) is 1. The summed E-state index contributed by atoms with van der Waals surface area (Å²) in [4.78, 5) is 1.46. The van der Waals surface area contributed by atoms with Crippen LogP contribution in [0.5, 0.6) is 0 Å². The van der Waals surface area contributed by atoms with E-state index in [9.17, 15) is 0 Å². The van der Waals surface area contributed by atoms with Crippen molar-refractivity contribution in [3.8, 4) is 0 Å². The van der Waals surface area contributed by atoms with E-state index in [1.54, 1.807) is 0 Å². The second-order valence-corrected chi connectivity index (χ2v) is 6.07. The molecule has 1 aromatic rings. The van der Waals surface area contributed by atoms with Crippen molar-refractivity contribution in [3.05, 3.63) is 22.4 Å². The van der Waals surface area contributed by atoms with Crippen LogP contribution in [0.2, 0.25) is 0 Å².